The Morgan fingerprint density at radius 2 is 1.76 bits per heavy atom. The largest absolute Gasteiger partial charge is 0.481 e. The predicted molar refractivity (Wildman–Crippen MR) is 92.3 cm³/mol. The van der Waals surface area contributed by atoms with Gasteiger partial charge in [-0.1, -0.05) is 36.8 Å². The van der Waals surface area contributed by atoms with Crippen molar-refractivity contribution in [3.63, 3.8) is 0 Å². The molecule has 6 nitrogen and oxygen atoms in total. The number of hydrogen-bond acceptors (Lipinski definition) is 4. The van der Waals surface area contributed by atoms with Gasteiger partial charge in [0, 0.05) is 5.92 Å². The lowest BCUT2D eigenvalue weighted by Gasteiger charge is -2.23. The molecule has 136 valence electrons. The molecule has 1 unspecified atom stereocenters. The highest BCUT2D eigenvalue weighted by molar-refractivity contribution is 5.90. The van der Waals surface area contributed by atoms with Crippen LogP contribution >= 0.6 is 0 Å². The van der Waals surface area contributed by atoms with E-state index in [1.165, 1.54) is 0 Å². The van der Waals surface area contributed by atoms with Crippen LogP contribution in [-0.4, -0.2) is 40.0 Å². The van der Waals surface area contributed by atoms with Gasteiger partial charge < -0.3 is 10.2 Å². The highest BCUT2D eigenvalue weighted by atomic mass is 16.4. The predicted octanol–water partition coefficient (Wildman–Crippen LogP) is 2.12. The van der Waals surface area contributed by atoms with Crippen molar-refractivity contribution in [1.29, 1.82) is 0 Å². The Morgan fingerprint density at radius 1 is 1.12 bits per heavy atom. The molecule has 0 amide bonds. The number of Topliss-reactive ketones (excluding diaryl/α,β-unsaturated/α-hetero) is 1. The summed E-state index contributed by atoms with van der Waals surface area (Å²) in [5.41, 5.74) is 1.04. The summed E-state index contributed by atoms with van der Waals surface area (Å²) in [5.74, 6) is -3.32. The zero-order chi connectivity index (χ0) is 18.4. The molecule has 0 bridgehead atoms. The molecular weight excluding hydrogens is 322 g/mol. The van der Waals surface area contributed by atoms with E-state index in [0.717, 1.165) is 12.0 Å². The molecule has 0 saturated heterocycles. The fourth-order valence-corrected chi connectivity index (χ4v) is 3.53. The van der Waals surface area contributed by atoms with Gasteiger partial charge in [-0.15, -0.1) is 0 Å². The Labute approximate surface area is 147 Å². The van der Waals surface area contributed by atoms with Crippen LogP contribution in [0, 0.1) is 11.8 Å². The van der Waals surface area contributed by atoms with E-state index in [9.17, 15) is 24.6 Å². The van der Waals surface area contributed by atoms with Crippen LogP contribution in [0.2, 0.25) is 0 Å². The summed E-state index contributed by atoms with van der Waals surface area (Å²) in [6, 6.07) is 8.05. The minimum absolute atomic E-state index is 0.198. The molecule has 2 rings (SSSR count). The Hall–Kier alpha value is -2.21. The van der Waals surface area contributed by atoms with E-state index in [0.29, 0.717) is 25.7 Å². The summed E-state index contributed by atoms with van der Waals surface area (Å²) in [6.45, 7) is 1.62. The number of carboxylic acid groups (broad SMARTS) is 2. The lowest BCUT2D eigenvalue weighted by atomic mass is 9.88. The van der Waals surface area contributed by atoms with E-state index in [2.05, 4.69) is 5.32 Å². The fraction of sp³-hybridized carbons (Fsp3) is 0.526. The summed E-state index contributed by atoms with van der Waals surface area (Å²) < 4.78 is 0. The monoisotopic (exact) mass is 347 g/mol. The maximum atomic E-state index is 12.6. The first-order chi connectivity index (χ1) is 11.9. The lowest BCUT2D eigenvalue weighted by molar-refractivity contribution is -0.146. The molecule has 0 heterocycles. The second kappa shape index (κ2) is 8.76. The molecule has 4 atom stereocenters. The lowest BCUT2D eigenvalue weighted by Crippen LogP contribution is -2.48. The number of carboxylic acids is 2. The van der Waals surface area contributed by atoms with Crippen molar-refractivity contribution in [3.05, 3.63) is 35.9 Å². The van der Waals surface area contributed by atoms with Crippen molar-refractivity contribution in [2.45, 2.75) is 51.1 Å². The molecule has 1 saturated carbocycles. The maximum absolute atomic E-state index is 12.6. The molecule has 0 spiro atoms. The SMILES string of the molecule is C[C@H](N[C@@H](CCc1ccccc1)C(=O)O)C(=O)C1CCC[C@H]1C(=O)O. The molecular formula is C19H25NO5. The zero-order valence-corrected chi connectivity index (χ0v) is 14.4. The van der Waals surface area contributed by atoms with Crippen molar-refractivity contribution in [2.75, 3.05) is 0 Å². The number of carbonyl (C=O) groups excluding carboxylic acids is 1. The maximum Gasteiger partial charge on any atom is 0.320 e. The number of benzene rings is 1. The minimum Gasteiger partial charge on any atom is -0.481 e. The van der Waals surface area contributed by atoms with Gasteiger partial charge in [0.2, 0.25) is 0 Å². The van der Waals surface area contributed by atoms with Gasteiger partial charge in [-0.3, -0.25) is 19.7 Å². The average molecular weight is 347 g/mol. The quantitative estimate of drug-likeness (QED) is 0.632. The van der Waals surface area contributed by atoms with E-state index in [1.54, 1.807) is 6.92 Å². The van der Waals surface area contributed by atoms with Crippen LogP contribution in [0.3, 0.4) is 0 Å². The number of aryl methyl sites for hydroxylation is 1. The third kappa shape index (κ3) is 5.13. The van der Waals surface area contributed by atoms with Crippen molar-refractivity contribution in [2.24, 2.45) is 11.8 Å². The number of ketones is 1. The molecule has 25 heavy (non-hydrogen) atoms. The number of hydrogen-bond donors (Lipinski definition) is 3. The van der Waals surface area contributed by atoms with Gasteiger partial charge in [0.05, 0.1) is 12.0 Å². The second-order valence-electron chi connectivity index (χ2n) is 6.69. The molecule has 1 aliphatic carbocycles. The average Bonchev–Trinajstić information content (AvgIpc) is 3.08. The first-order valence-corrected chi connectivity index (χ1v) is 8.69. The molecule has 1 fully saturated rings. The third-order valence-corrected chi connectivity index (χ3v) is 4.94. The van der Waals surface area contributed by atoms with E-state index in [-0.39, 0.29) is 5.78 Å². The number of nitrogens with one attached hydrogen (secondary N) is 1. The molecule has 0 radical (unpaired) electrons. The van der Waals surface area contributed by atoms with E-state index in [4.69, 9.17) is 0 Å². The summed E-state index contributed by atoms with van der Waals surface area (Å²) in [7, 11) is 0. The van der Waals surface area contributed by atoms with Crippen LogP contribution < -0.4 is 5.32 Å². The van der Waals surface area contributed by atoms with Crippen LogP contribution in [0.4, 0.5) is 0 Å². The van der Waals surface area contributed by atoms with Crippen LogP contribution in [0.1, 0.15) is 38.2 Å². The fourth-order valence-electron chi connectivity index (χ4n) is 3.53. The van der Waals surface area contributed by atoms with Gasteiger partial charge in [0.15, 0.2) is 5.78 Å². The number of carbonyl (C=O) groups is 3. The van der Waals surface area contributed by atoms with E-state index >= 15 is 0 Å². The highest BCUT2D eigenvalue weighted by Crippen LogP contribution is 2.33. The van der Waals surface area contributed by atoms with E-state index in [1.807, 2.05) is 30.3 Å². The molecule has 0 aromatic heterocycles. The van der Waals surface area contributed by atoms with Gasteiger partial charge in [0.1, 0.15) is 6.04 Å². The standard InChI is InChI=1S/C19H25NO5/c1-12(17(21)14-8-5-9-15(14)18(22)23)20-16(19(24)25)11-10-13-6-3-2-4-7-13/h2-4,6-7,12,14-16,20H,5,8-11H2,1H3,(H,22,23)(H,24,25)/t12-,14?,15+,16-/m0/s1. The van der Waals surface area contributed by atoms with Crippen molar-refractivity contribution < 1.29 is 24.6 Å². The Bertz CT molecular complexity index is 616. The summed E-state index contributed by atoms with van der Waals surface area (Å²) in [5, 5.41) is 21.5. The van der Waals surface area contributed by atoms with Crippen LogP contribution in [-0.2, 0) is 20.8 Å². The van der Waals surface area contributed by atoms with Crippen LogP contribution in [0.5, 0.6) is 0 Å². The summed E-state index contributed by atoms with van der Waals surface area (Å²) >= 11 is 0. The molecule has 3 N–H and O–H groups in total. The van der Waals surface area contributed by atoms with Crippen molar-refractivity contribution in [3.8, 4) is 0 Å². The zero-order valence-electron chi connectivity index (χ0n) is 14.4. The van der Waals surface area contributed by atoms with Crippen LogP contribution in [0.15, 0.2) is 30.3 Å². The molecule has 1 aromatic rings. The number of rotatable bonds is 9. The highest BCUT2D eigenvalue weighted by Gasteiger charge is 2.39. The summed E-state index contributed by atoms with van der Waals surface area (Å²) in [6.07, 6.45) is 2.74. The van der Waals surface area contributed by atoms with Crippen molar-refractivity contribution in [1.82, 2.24) is 5.32 Å². The minimum atomic E-state index is -1.00. The first-order valence-electron chi connectivity index (χ1n) is 8.69. The smallest absolute Gasteiger partial charge is 0.320 e. The molecule has 6 heteroatoms. The van der Waals surface area contributed by atoms with Gasteiger partial charge in [-0.05, 0) is 38.2 Å². The van der Waals surface area contributed by atoms with E-state index < -0.39 is 35.9 Å². The molecule has 0 aliphatic heterocycles. The van der Waals surface area contributed by atoms with Crippen molar-refractivity contribution >= 4 is 17.7 Å². The van der Waals surface area contributed by atoms with Gasteiger partial charge in [0.25, 0.3) is 0 Å². The molecule has 1 aromatic carbocycles. The number of aliphatic carboxylic acids is 2. The Morgan fingerprint density at radius 3 is 2.36 bits per heavy atom. The summed E-state index contributed by atoms with van der Waals surface area (Å²) in [4.78, 5) is 35.3. The van der Waals surface area contributed by atoms with Crippen LogP contribution in [0.25, 0.3) is 0 Å². The van der Waals surface area contributed by atoms with Gasteiger partial charge in [-0.2, -0.15) is 0 Å². The Balaban J connectivity index is 1.95. The normalized spacial score (nSPS) is 22.3. The molecule has 1 aliphatic rings. The van der Waals surface area contributed by atoms with Gasteiger partial charge >= 0.3 is 11.9 Å². The topological polar surface area (TPSA) is 104 Å². The third-order valence-electron chi connectivity index (χ3n) is 4.94. The van der Waals surface area contributed by atoms with Gasteiger partial charge in [-0.25, -0.2) is 0 Å². The second-order valence-corrected chi connectivity index (χ2v) is 6.69. The first kappa shape index (κ1) is 19.1. The Kier molecular flexibility index (Phi) is 6.70.